The van der Waals surface area contributed by atoms with Gasteiger partial charge in [-0.25, -0.2) is 0 Å². The molecule has 2 aromatic heterocycles. The Labute approximate surface area is 162 Å². The molecule has 0 spiro atoms. The van der Waals surface area contributed by atoms with Crippen LogP contribution in [0.2, 0.25) is 0 Å². The summed E-state index contributed by atoms with van der Waals surface area (Å²) < 4.78 is 6.80. The fourth-order valence-electron chi connectivity index (χ4n) is 2.93. The van der Waals surface area contributed by atoms with Crippen molar-refractivity contribution < 1.29 is 4.42 Å². The van der Waals surface area contributed by atoms with E-state index in [4.69, 9.17) is 4.42 Å². The Morgan fingerprint density at radius 3 is 2.70 bits per heavy atom. The zero-order valence-electron chi connectivity index (χ0n) is 15.2. The quantitative estimate of drug-likeness (QED) is 0.569. The molecule has 1 aliphatic carbocycles. The second kappa shape index (κ2) is 7.85. The fraction of sp³-hybridized carbons (Fsp3) is 0.217. The van der Waals surface area contributed by atoms with Crippen molar-refractivity contribution >= 4 is 27.5 Å². The molecular formula is C23H20NO2S. The van der Waals surface area contributed by atoms with Gasteiger partial charge in [0.2, 0.25) is 5.43 Å². The van der Waals surface area contributed by atoms with Crippen LogP contribution in [0.3, 0.4) is 0 Å². The average Bonchev–Trinajstić information content (AvgIpc) is 3.42. The second-order valence-corrected chi connectivity index (χ2v) is 7.40. The summed E-state index contributed by atoms with van der Waals surface area (Å²) in [7, 11) is 0. The smallest absolute Gasteiger partial charge is 0.204 e. The molecule has 0 saturated carbocycles. The predicted octanol–water partition coefficient (Wildman–Crippen LogP) is 5.01. The van der Waals surface area contributed by atoms with Crippen LogP contribution in [0.5, 0.6) is 0 Å². The van der Waals surface area contributed by atoms with Crippen LogP contribution in [-0.2, 0) is 0 Å². The van der Waals surface area contributed by atoms with Crippen molar-refractivity contribution in [3.63, 3.8) is 0 Å². The third-order valence-corrected chi connectivity index (χ3v) is 5.40. The molecule has 0 bridgehead atoms. The Morgan fingerprint density at radius 1 is 1.15 bits per heavy atom. The van der Waals surface area contributed by atoms with Gasteiger partial charge in [-0.1, -0.05) is 48.6 Å². The van der Waals surface area contributed by atoms with E-state index in [2.05, 4.69) is 36.2 Å². The number of rotatable bonds is 6. The number of anilines is 1. The zero-order chi connectivity index (χ0) is 18.6. The highest BCUT2D eigenvalue weighted by Gasteiger charge is 2.16. The number of benzene rings is 1. The van der Waals surface area contributed by atoms with Gasteiger partial charge in [0.05, 0.1) is 5.56 Å². The predicted molar refractivity (Wildman–Crippen MR) is 112 cm³/mol. The lowest BCUT2D eigenvalue weighted by Gasteiger charge is -2.22. The van der Waals surface area contributed by atoms with Crippen LogP contribution in [-0.4, -0.2) is 13.1 Å². The minimum atomic E-state index is 0.00214. The van der Waals surface area contributed by atoms with E-state index in [0.717, 1.165) is 37.1 Å². The minimum Gasteiger partial charge on any atom is -0.438 e. The van der Waals surface area contributed by atoms with E-state index in [0.29, 0.717) is 16.2 Å². The van der Waals surface area contributed by atoms with E-state index in [9.17, 15) is 4.79 Å². The summed E-state index contributed by atoms with van der Waals surface area (Å²) >= 11 is 1.40. The summed E-state index contributed by atoms with van der Waals surface area (Å²) in [5.41, 5.74) is 3.68. The average molecular weight is 374 g/mol. The molecule has 0 atom stereocenters. The van der Waals surface area contributed by atoms with Crippen LogP contribution in [0.4, 0.5) is 5.88 Å². The molecule has 0 aliphatic heterocycles. The van der Waals surface area contributed by atoms with E-state index in [1.807, 2.05) is 35.7 Å². The van der Waals surface area contributed by atoms with Gasteiger partial charge >= 0.3 is 0 Å². The molecule has 1 radical (unpaired) electrons. The first-order valence-corrected chi connectivity index (χ1v) is 10.0. The normalized spacial score (nSPS) is 12.4. The lowest BCUT2D eigenvalue weighted by atomic mass is 10.2. The van der Waals surface area contributed by atoms with Crippen LogP contribution < -0.4 is 10.3 Å². The Morgan fingerprint density at radius 2 is 1.96 bits per heavy atom. The molecule has 1 aromatic carbocycles. The van der Waals surface area contributed by atoms with Gasteiger partial charge in [0.25, 0.3) is 0 Å². The number of hydrogen-bond donors (Lipinski definition) is 0. The summed E-state index contributed by atoms with van der Waals surface area (Å²) in [4.78, 5) is 14.8. The van der Waals surface area contributed by atoms with E-state index in [1.165, 1.54) is 16.9 Å². The van der Waals surface area contributed by atoms with Gasteiger partial charge in [-0.2, -0.15) is 0 Å². The Hall–Kier alpha value is -2.77. The summed E-state index contributed by atoms with van der Waals surface area (Å²) in [6.45, 7) is 3.84. The van der Waals surface area contributed by atoms with Crippen LogP contribution in [0.1, 0.15) is 30.9 Å². The van der Waals surface area contributed by atoms with E-state index in [1.54, 1.807) is 6.07 Å². The van der Waals surface area contributed by atoms with Gasteiger partial charge in [-0.05, 0) is 25.0 Å². The Bertz CT molecular complexity index is 1100. The molecule has 0 amide bonds. The molecule has 3 aromatic rings. The molecule has 2 heterocycles. The molecule has 135 valence electrons. The van der Waals surface area contributed by atoms with Gasteiger partial charge < -0.3 is 9.32 Å². The van der Waals surface area contributed by atoms with E-state index in [-0.39, 0.29) is 5.43 Å². The van der Waals surface area contributed by atoms with Crippen molar-refractivity contribution in [1.82, 2.24) is 0 Å². The van der Waals surface area contributed by atoms with Crippen molar-refractivity contribution in [3.05, 3.63) is 81.2 Å². The molecule has 4 heteroatoms. The maximum Gasteiger partial charge on any atom is 0.204 e. The second-order valence-electron chi connectivity index (χ2n) is 6.52. The van der Waals surface area contributed by atoms with E-state index < -0.39 is 0 Å². The highest BCUT2D eigenvalue weighted by Crippen LogP contribution is 2.28. The highest BCUT2D eigenvalue weighted by molar-refractivity contribution is 7.17. The van der Waals surface area contributed by atoms with Crippen molar-refractivity contribution in [2.75, 3.05) is 18.0 Å². The molecule has 0 fully saturated rings. The Kier molecular flexibility index (Phi) is 5.13. The van der Waals surface area contributed by atoms with Gasteiger partial charge in [0.15, 0.2) is 11.5 Å². The summed E-state index contributed by atoms with van der Waals surface area (Å²) in [5.74, 6) is 6.95. The lowest BCUT2D eigenvalue weighted by molar-refractivity contribution is 0.566. The first kappa shape index (κ1) is 17.6. The van der Waals surface area contributed by atoms with E-state index >= 15 is 0 Å². The standard InChI is InChI=1S/C23H20NO2S/c1-2-13-24(14-12-18-8-9-18)21-15-20(25)23-22(26-21)19(16-27-23)11-10-17-6-4-3-5-7-17/h3-9,15-16H,2,12-14H2,1H3. The van der Waals surface area contributed by atoms with Crippen molar-refractivity contribution in [3.8, 4) is 11.8 Å². The van der Waals surface area contributed by atoms with Gasteiger partial charge in [-0.15, -0.1) is 11.3 Å². The molecule has 0 N–H and O–H groups in total. The summed E-state index contributed by atoms with van der Waals surface area (Å²) in [6.07, 6.45) is 6.22. The molecule has 27 heavy (non-hydrogen) atoms. The van der Waals surface area contributed by atoms with Crippen molar-refractivity contribution in [1.29, 1.82) is 0 Å². The zero-order valence-corrected chi connectivity index (χ0v) is 16.0. The molecule has 3 nitrogen and oxygen atoms in total. The SMILES string of the molecule is CCCN(CCC1=C[CH]1)c1cc(=O)c2scc(C#Cc3ccccc3)c2o1. The Balaban J connectivity index is 1.69. The van der Waals surface area contributed by atoms with Gasteiger partial charge in [-0.3, -0.25) is 4.79 Å². The maximum absolute atomic E-state index is 12.6. The van der Waals surface area contributed by atoms with Crippen LogP contribution in [0.25, 0.3) is 10.3 Å². The van der Waals surface area contributed by atoms with Crippen molar-refractivity contribution in [2.45, 2.75) is 19.8 Å². The third-order valence-electron chi connectivity index (χ3n) is 4.42. The minimum absolute atomic E-state index is 0.00214. The lowest BCUT2D eigenvalue weighted by Crippen LogP contribution is -2.26. The van der Waals surface area contributed by atoms with Crippen LogP contribution >= 0.6 is 11.3 Å². The number of thiophene rings is 1. The topological polar surface area (TPSA) is 33.5 Å². The largest absolute Gasteiger partial charge is 0.438 e. The summed E-state index contributed by atoms with van der Waals surface area (Å²) in [6, 6.07) is 11.4. The molecular weight excluding hydrogens is 354 g/mol. The first-order valence-electron chi connectivity index (χ1n) is 9.16. The molecule has 0 saturated heterocycles. The van der Waals surface area contributed by atoms with Crippen LogP contribution in [0.15, 0.2) is 62.6 Å². The maximum atomic E-state index is 12.6. The number of allylic oxidation sites excluding steroid dienone is 1. The third kappa shape index (κ3) is 4.15. The van der Waals surface area contributed by atoms with Crippen LogP contribution in [0, 0.1) is 18.3 Å². The van der Waals surface area contributed by atoms with Gasteiger partial charge in [0.1, 0.15) is 4.70 Å². The van der Waals surface area contributed by atoms with Crippen molar-refractivity contribution in [2.24, 2.45) is 0 Å². The van der Waals surface area contributed by atoms with Gasteiger partial charge in [0, 0.05) is 36.5 Å². The highest BCUT2D eigenvalue weighted by atomic mass is 32.1. The monoisotopic (exact) mass is 374 g/mol. The number of fused-ring (bicyclic) bond motifs is 1. The number of hydrogen-bond acceptors (Lipinski definition) is 4. The fourth-order valence-corrected chi connectivity index (χ4v) is 3.76. The summed E-state index contributed by atoms with van der Waals surface area (Å²) in [5, 5.41) is 1.91. The number of nitrogens with zero attached hydrogens (tertiary/aromatic N) is 1. The molecule has 4 rings (SSSR count). The molecule has 0 unspecified atom stereocenters. The first-order chi connectivity index (χ1) is 13.2. The molecule has 1 aliphatic rings.